The number of nitrogens with two attached hydrogens (primary N) is 1. The highest BCUT2D eigenvalue weighted by Gasteiger charge is 2.26. The minimum absolute atomic E-state index is 0.0376. The molecular weight excluding hydrogens is 463 g/mol. The number of aryl methyl sites for hydroxylation is 1. The third-order valence-corrected chi connectivity index (χ3v) is 7.64. The molecule has 0 atom stereocenters. The van der Waals surface area contributed by atoms with Crippen LogP contribution >= 0.6 is 11.3 Å². The van der Waals surface area contributed by atoms with Crippen molar-refractivity contribution in [1.29, 1.82) is 0 Å². The molecule has 0 fully saturated rings. The molecule has 4 aromatic rings. The van der Waals surface area contributed by atoms with E-state index < -0.39 is 15.8 Å². The van der Waals surface area contributed by atoms with Crippen molar-refractivity contribution in [2.45, 2.75) is 31.1 Å². The molecule has 1 aromatic carbocycles. The van der Waals surface area contributed by atoms with Gasteiger partial charge in [0.05, 0.1) is 27.0 Å². The number of benzene rings is 1. The molecular formula is C22H23FN6O2S2. The van der Waals surface area contributed by atoms with Crippen molar-refractivity contribution in [3.8, 4) is 21.8 Å². The molecule has 3 aromatic heterocycles. The lowest BCUT2D eigenvalue weighted by Gasteiger charge is -2.13. The first-order valence-electron chi connectivity index (χ1n) is 9.99. The predicted octanol–water partition coefficient (Wildman–Crippen LogP) is 4.43. The quantitative estimate of drug-likeness (QED) is 0.431. The summed E-state index contributed by atoms with van der Waals surface area (Å²) in [5.41, 5.74) is 6.33. The summed E-state index contributed by atoms with van der Waals surface area (Å²) in [6, 6.07) is 7.64. The molecule has 0 bridgehead atoms. The number of sulfonamides is 1. The van der Waals surface area contributed by atoms with Crippen molar-refractivity contribution in [3.63, 3.8) is 0 Å². The highest BCUT2D eigenvalue weighted by atomic mass is 32.2. The van der Waals surface area contributed by atoms with Gasteiger partial charge in [-0.3, -0.25) is 4.72 Å². The van der Waals surface area contributed by atoms with Gasteiger partial charge in [-0.1, -0.05) is 26.8 Å². The number of nitrogens with one attached hydrogen (secondary N) is 1. The highest BCUT2D eigenvalue weighted by Crippen LogP contribution is 2.41. The Labute approximate surface area is 195 Å². The van der Waals surface area contributed by atoms with Gasteiger partial charge >= 0.3 is 0 Å². The summed E-state index contributed by atoms with van der Waals surface area (Å²) in [7, 11) is -2.26. The van der Waals surface area contributed by atoms with Crippen LogP contribution in [0.3, 0.4) is 0 Å². The normalized spacial score (nSPS) is 12.2. The van der Waals surface area contributed by atoms with Gasteiger partial charge in [0, 0.05) is 36.6 Å². The van der Waals surface area contributed by atoms with E-state index in [-0.39, 0.29) is 27.5 Å². The van der Waals surface area contributed by atoms with Crippen molar-refractivity contribution in [2.24, 2.45) is 7.05 Å². The zero-order chi connectivity index (χ0) is 24.0. The lowest BCUT2D eigenvalue weighted by molar-refractivity contribution is 0.585. The molecule has 0 spiro atoms. The minimum Gasteiger partial charge on any atom is -0.368 e. The molecule has 8 nitrogen and oxygen atoms in total. The third kappa shape index (κ3) is 4.60. The number of halogens is 1. The van der Waals surface area contributed by atoms with E-state index in [2.05, 4.69) is 14.7 Å². The van der Waals surface area contributed by atoms with E-state index in [0.29, 0.717) is 16.3 Å². The van der Waals surface area contributed by atoms with Gasteiger partial charge in [0.25, 0.3) is 10.0 Å². The Bertz CT molecular complexity index is 1440. The van der Waals surface area contributed by atoms with E-state index in [1.165, 1.54) is 35.9 Å². The van der Waals surface area contributed by atoms with Crippen molar-refractivity contribution in [1.82, 2.24) is 19.5 Å². The fraction of sp³-hybridized carbons (Fsp3) is 0.227. The van der Waals surface area contributed by atoms with Crippen LogP contribution in [0.5, 0.6) is 0 Å². The average molecular weight is 487 g/mol. The fourth-order valence-electron chi connectivity index (χ4n) is 3.13. The number of thiazole rings is 1. The molecule has 0 aliphatic carbocycles. The van der Waals surface area contributed by atoms with Crippen LogP contribution in [0.25, 0.3) is 21.8 Å². The fourth-order valence-corrected chi connectivity index (χ4v) is 5.35. The molecule has 0 amide bonds. The van der Waals surface area contributed by atoms with Crippen LogP contribution in [0.4, 0.5) is 16.0 Å². The molecule has 3 heterocycles. The highest BCUT2D eigenvalue weighted by molar-refractivity contribution is 7.92. The molecule has 33 heavy (non-hydrogen) atoms. The minimum atomic E-state index is -3.97. The summed E-state index contributed by atoms with van der Waals surface area (Å²) in [6.07, 6.45) is 4.57. The van der Waals surface area contributed by atoms with Gasteiger partial charge in [-0.25, -0.2) is 27.8 Å². The van der Waals surface area contributed by atoms with E-state index >= 15 is 4.39 Å². The summed E-state index contributed by atoms with van der Waals surface area (Å²) in [4.78, 5) is 13.6. The van der Waals surface area contributed by atoms with Gasteiger partial charge in [-0.2, -0.15) is 0 Å². The molecule has 0 saturated heterocycles. The number of anilines is 2. The zero-order valence-corrected chi connectivity index (χ0v) is 20.1. The molecule has 11 heteroatoms. The Morgan fingerprint density at radius 3 is 2.55 bits per heavy atom. The molecule has 0 aliphatic heterocycles. The number of nitrogens with zero attached hydrogens (tertiary/aromatic N) is 4. The number of aromatic nitrogens is 4. The summed E-state index contributed by atoms with van der Waals surface area (Å²) in [5, 5.41) is 0.777. The predicted molar refractivity (Wildman–Crippen MR) is 128 cm³/mol. The largest absolute Gasteiger partial charge is 0.368 e. The van der Waals surface area contributed by atoms with Gasteiger partial charge in [0.2, 0.25) is 5.95 Å². The van der Waals surface area contributed by atoms with E-state index in [9.17, 15) is 8.42 Å². The SMILES string of the molecule is Cn1ccc(S(=O)(=O)Nc2cccc(-c3nc(C(C)(C)C)sc3-c3ccnc(N)n3)c2F)c1. The standard InChI is InChI=1S/C22H23FN6O2S2/c1-22(2,3)20-27-18(19(32-20)16-8-10-25-21(24)26-16)14-6-5-7-15(17(14)23)28-33(30,31)13-9-11-29(4)12-13/h5-12,28H,1-4H3,(H2,24,25,26). The molecule has 0 radical (unpaired) electrons. The summed E-state index contributed by atoms with van der Waals surface area (Å²) >= 11 is 1.39. The van der Waals surface area contributed by atoms with Crippen molar-refractivity contribution < 1.29 is 12.8 Å². The Kier molecular flexibility index (Phi) is 5.71. The molecule has 0 unspecified atom stereocenters. The lowest BCUT2D eigenvalue weighted by Crippen LogP contribution is -2.14. The van der Waals surface area contributed by atoms with Crippen LogP contribution in [0, 0.1) is 5.82 Å². The maximum Gasteiger partial charge on any atom is 0.263 e. The second kappa shape index (κ2) is 8.23. The maximum absolute atomic E-state index is 15.7. The van der Waals surface area contributed by atoms with Gasteiger partial charge in [-0.15, -0.1) is 11.3 Å². The maximum atomic E-state index is 15.7. The topological polar surface area (TPSA) is 116 Å². The van der Waals surface area contributed by atoms with E-state index in [0.717, 1.165) is 5.01 Å². The molecule has 172 valence electrons. The molecule has 3 N–H and O–H groups in total. The summed E-state index contributed by atoms with van der Waals surface area (Å²) in [5.74, 6) is -0.639. The smallest absolute Gasteiger partial charge is 0.263 e. The number of nitrogen functional groups attached to an aromatic ring is 1. The van der Waals surface area contributed by atoms with Gasteiger partial charge < -0.3 is 10.3 Å². The van der Waals surface area contributed by atoms with Crippen molar-refractivity contribution >= 4 is 33.0 Å². The Balaban J connectivity index is 1.84. The van der Waals surface area contributed by atoms with Crippen LogP contribution in [-0.4, -0.2) is 27.9 Å². The summed E-state index contributed by atoms with van der Waals surface area (Å²) in [6.45, 7) is 6.03. The van der Waals surface area contributed by atoms with Crippen molar-refractivity contribution in [2.75, 3.05) is 10.5 Å². The van der Waals surface area contributed by atoms with Crippen LogP contribution in [0.2, 0.25) is 0 Å². The van der Waals surface area contributed by atoms with Crippen LogP contribution in [0.1, 0.15) is 25.8 Å². The number of rotatable bonds is 5. The van der Waals surface area contributed by atoms with Gasteiger partial charge in [-0.05, 0) is 24.3 Å². The molecule has 4 rings (SSSR count). The van der Waals surface area contributed by atoms with E-state index in [1.54, 1.807) is 36.0 Å². The van der Waals surface area contributed by atoms with Crippen LogP contribution in [-0.2, 0) is 22.5 Å². The second-order valence-electron chi connectivity index (χ2n) is 8.53. The Morgan fingerprint density at radius 2 is 1.91 bits per heavy atom. The monoisotopic (exact) mass is 486 g/mol. The first kappa shape index (κ1) is 22.9. The van der Waals surface area contributed by atoms with Crippen LogP contribution in [0.15, 0.2) is 53.8 Å². The Hall–Kier alpha value is -3.31. The number of hydrogen-bond donors (Lipinski definition) is 2. The average Bonchev–Trinajstić information content (AvgIpc) is 3.36. The summed E-state index contributed by atoms with van der Waals surface area (Å²) < 4.78 is 45.1. The second-order valence-corrected chi connectivity index (χ2v) is 11.2. The van der Waals surface area contributed by atoms with Gasteiger partial charge in [0.1, 0.15) is 4.90 Å². The molecule has 0 saturated carbocycles. The van der Waals surface area contributed by atoms with E-state index in [1.807, 2.05) is 20.8 Å². The van der Waals surface area contributed by atoms with Crippen molar-refractivity contribution in [3.05, 3.63) is 59.7 Å². The first-order chi connectivity index (χ1) is 15.5. The third-order valence-electron chi connectivity index (χ3n) is 4.79. The van der Waals surface area contributed by atoms with Crippen LogP contribution < -0.4 is 10.5 Å². The molecule has 0 aliphatic rings. The first-order valence-corrected chi connectivity index (χ1v) is 12.3. The zero-order valence-electron chi connectivity index (χ0n) is 18.5. The van der Waals surface area contributed by atoms with Gasteiger partial charge in [0.15, 0.2) is 5.82 Å². The Morgan fingerprint density at radius 1 is 1.15 bits per heavy atom. The van der Waals surface area contributed by atoms with E-state index in [4.69, 9.17) is 10.7 Å². The lowest BCUT2D eigenvalue weighted by atomic mass is 9.98. The number of hydrogen-bond acceptors (Lipinski definition) is 7.